The van der Waals surface area contributed by atoms with Gasteiger partial charge in [0.2, 0.25) is 0 Å². The highest BCUT2D eigenvalue weighted by Gasteiger charge is 2.19. The van der Waals surface area contributed by atoms with Crippen LogP contribution in [-0.4, -0.2) is 0 Å². The summed E-state index contributed by atoms with van der Waals surface area (Å²) in [6.45, 7) is 10.8. The van der Waals surface area contributed by atoms with E-state index in [1.165, 1.54) is 11.1 Å². The Morgan fingerprint density at radius 3 is 1.93 bits per heavy atom. The van der Waals surface area contributed by atoms with E-state index in [0.29, 0.717) is 5.92 Å². The lowest BCUT2D eigenvalue weighted by atomic mass is 9.83. The maximum Gasteiger partial charge on any atom is 0.0372 e. The summed E-state index contributed by atoms with van der Waals surface area (Å²) in [6.07, 6.45) is 0. The first kappa shape index (κ1) is 11.9. The molecule has 0 aromatic heterocycles. The molecular formula is C13H22N2. The lowest BCUT2D eigenvalue weighted by molar-refractivity contribution is 0.591. The zero-order chi connectivity index (χ0) is 11.8. The number of rotatable bonds is 1. The van der Waals surface area contributed by atoms with Crippen molar-refractivity contribution >= 4 is 11.4 Å². The first-order valence-corrected chi connectivity index (χ1v) is 5.43. The van der Waals surface area contributed by atoms with E-state index in [4.69, 9.17) is 11.5 Å². The normalized spacial score (nSPS) is 12.1. The van der Waals surface area contributed by atoms with Crippen molar-refractivity contribution in [1.29, 1.82) is 0 Å². The second-order valence-electron chi connectivity index (χ2n) is 5.47. The van der Waals surface area contributed by atoms with Gasteiger partial charge in [-0.2, -0.15) is 0 Å². The Labute approximate surface area is 92.7 Å². The summed E-state index contributed by atoms with van der Waals surface area (Å²) in [5.41, 5.74) is 16.0. The number of hydrogen-bond donors (Lipinski definition) is 2. The molecule has 0 radical (unpaired) electrons. The molecule has 0 bridgehead atoms. The number of nitrogens with two attached hydrogens (primary N) is 2. The Balaban J connectivity index is 3.37. The van der Waals surface area contributed by atoms with E-state index in [1.54, 1.807) is 0 Å². The van der Waals surface area contributed by atoms with Gasteiger partial charge < -0.3 is 11.5 Å². The fraction of sp³-hybridized carbons (Fsp3) is 0.538. The Morgan fingerprint density at radius 2 is 1.53 bits per heavy atom. The highest BCUT2D eigenvalue weighted by atomic mass is 14.6. The molecule has 0 amide bonds. The van der Waals surface area contributed by atoms with Crippen molar-refractivity contribution in [2.75, 3.05) is 11.5 Å². The molecule has 0 aliphatic carbocycles. The summed E-state index contributed by atoms with van der Waals surface area (Å²) < 4.78 is 0. The van der Waals surface area contributed by atoms with Crippen LogP contribution in [0.25, 0.3) is 0 Å². The lowest BCUT2D eigenvalue weighted by Gasteiger charge is -2.24. The van der Waals surface area contributed by atoms with Gasteiger partial charge in [0.25, 0.3) is 0 Å². The number of nitrogen functional groups attached to an aromatic ring is 2. The van der Waals surface area contributed by atoms with Crippen molar-refractivity contribution in [2.24, 2.45) is 0 Å². The van der Waals surface area contributed by atoms with E-state index in [1.807, 2.05) is 6.07 Å². The zero-order valence-electron chi connectivity index (χ0n) is 10.4. The maximum atomic E-state index is 6.00. The van der Waals surface area contributed by atoms with Crippen LogP contribution < -0.4 is 11.5 Å². The van der Waals surface area contributed by atoms with Gasteiger partial charge in [-0.25, -0.2) is 0 Å². The number of anilines is 2. The standard InChI is InChI=1S/C13H22N2/c1-8(2)9-6-10(13(3,4)5)12(15)7-11(9)14/h6-8H,14-15H2,1-5H3. The van der Waals surface area contributed by atoms with Gasteiger partial charge in [-0.1, -0.05) is 40.7 Å². The fourth-order valence-corrected chi connectivity index (χ4v) is 1.80. The predicted octanol–water partition coefficient (Wildman–Crippen LogP) is 3.27. The van der Waals surface area contributed by atoms with Crippen LogP contribution in [0.3, 0.4) is 0 Å². The first-order valence-electron chi connectivity index (χ1n) is 5.43. The van der Waals surface area contributed by atoms with Crippen molar-refractivity contribution in [2.45, 2.75) is 46.0 Å². The molecular weight excluding hydrogens is 184 g/mol. The molecule has 2 nitrogen and oxygen atoms in total. The van der Waals surface area contributed by atoms with Gasteiger partial charge in [0, 0.05) is 11.4 Å². The second kappa shape index (κ2) is 3.76. The van der Waals surface area contributed by atoms with Gasteiger partial charge in [-0.15, -0.1) is 0 Å². The van der Waals surface area contributed by atoms with Crippen LogP contribution in [-0.2, 0) is 5.41 Å². The minimum Gasteiger partial charge on any atom is -0.398 e. The smallest absolute Gasteiger partial charge is 0.0372 e. The van der Waals surface area contributed by atoms with E-state index in [9.17, 15) is 0 Å². The van der Waals surface area contributed by atoms with Gasteiger partial charge in [-0.3, -0.25) is 0 Å². The predicted molar refractivity (Wildman–Crippen MR) is 68.1 cm³/mol. The molecule has 0 aliphatic rings. The molecule has 4 N–H and O–H groups in total. The molecule has 0 unspecified atom stereocenters. The average Bonchev–Trinajstić information content (AvgIpc) is 2.00. The summed E-state index contributed by atoms with van der Waals surface area (Å²) in [7, 11) is 0. The van der Waals surface area contributed by atoms with Crippen molar-refractivity contribution < 1.29 is 0 Å². The molecule has 0 spiro atoms. The molecule has 0 heterocycles. The lowest BCUT2D eigenvalue weighted by Crippen LogP contribution is -2.15. The Hall–Kier alpha value is -1.18. The summed E-state index contributed by atoms with van der Waals surface area (Å²) in [5, 5.41) is 0. The molecule has 1 aromatic carbocycles. The number of hydrogen-bond acceptors (Lipinski definition) is 2. The van der Waals surface area contributed by atoms with Gasteiger partial charge >= 0.3 is 0 Å². The van der Waals surface area contributed by atoms with E-state index in [-0.39, 0.29) is 5.41 Å². The molecule has 0 atom stereocenters. The van der Waals surface area contributed by atoms with E-state index in [0.717, 1.165) is 11.4 Å². The second-order valence-corrected chi connectivity index (χ2v) is 5.47. The molecule has 0 aliphatic heterocycles. The van der Waals surface area contributed by atoms with Crippen LogP contribution in [0.5, 0.6) is 0 Å². The van der Waals surface area contributed by atoms with Crippen molar-refractivity contribution in [3.05, 3.63) is 23.3 Å². The van der Waals surface area contributed by atoms with Crippen LogP contribution in [0.1, 0.15) is 51.7 Å². The van der Waals surface area contributed by atoms with Crippen molar-refractivity contribution in [1.82, 2.24) is 0 Å². The molecule has 0 fully saturated rings. The highest BCUT2D eigenvalue weighted by Crippen LogP contribution is 2.34. The summed E-state index contributed by atoms with van der Waals surface area (Å²) in [5.74, 6) is 0.437. The molecule has 0 saturated heterocycles. The first-order chi connectivity index (χ1) is 6.73. The Bertz CT molecular complexity index is 360. The van der Waals surface area contributed by atoms with Crippen molar-refractivity contribution in [3.63, 3.8) is 0 Å². The quantitative estimate of drug-likeness (QED) is 0.693. The van der Waals surface area contributed by atoms with E-state index >= 15 is 0 Å². The number of benzene rings is 1. The molecule has 1 rings (SSSR count). The zero-order valence-corrected chi connectivity index (χ0v) is 10.4. The van der Waals surface area contributed by atoms with E-state index < -0.39 is 0 Å². The van der Waals surface area contributed by atoms with Crippen LogP contribution >= 0.6 is 0 Å². The van der Waals surface area contributed by atoms with Gasteiger partial charge in [0.05, 0.1) is 0 Å². The van der Waals surface area contributed by atoms with Crippen molar-refractivity contribution in [3.8, 4) is 0 Å². The third kappa shape index (κ3) is 2.44. The molecule has 0 saturated carbocycles. The maximum absolute atomic E-state index is 6.00. The van der Waals surface area contributed by atoms with Gasteiger partial charge in [0.1, 0.15) is 0 Å². The Kier molecular flexibility index (Phi) is 2.98. The SMILES string of the molecule is CC(C)c1cc(C(C)(C)C)c(N)cc1N. The third-order valence-corrected chi connectivity index (χ3v) is 2.69. The van der Waals surface area contributed by atoms with Crippen LogP contribution in [0.4, 0.5) is 11.4 Å². The molecule has 84 valence electrons. The summed E-state index contributed by atoms with van der Waals surface area (Å²) in [6, 6.07) is 4.03. The molecule has 2 heteroatoms. The highest BCUT2D eigenvalue weighted by molar-refractivity contribution is 5.63. The topological polar surface area (TPSA) is 52.0 Å². The summed E-state index contributed by atoms with van der Waals surface area (Å²) in [4.78, 5) is 0. The Morgan fingerprint density at radius 1 is 1.00 bits per heavy atom. The van der Waals surface area contributed by atoms with Crippen LogP contribution in [0.15, 0.2) is 12.1 Å². The molecule has 1 aromatic rings. The molecule has 15 heavy (non-hydrogen) atoms. The van der Waals surface area contributed by atoms with Gasteiger partial charge in [0.15, 0.2) is 0 Å². The van der Waals surface area contributed by atoms with Crippen LogP contribution in [0, 0.1) is 0 Å². The monoisotopic (exact) mass is 206 g/mol. The third-order valence-electron chi connectivity index (χ3n) is 2.69. The average molecular weight is 206 g/mol. The van der Waals surface area contributed by atoms with E-state index in [2.05, 4.69) is 40.7 Å². The van der Waals surface area contributed by atoms with Gasteiger partial charge in [-0.05, 0) is 28.5 Å². The van der Waals surface area contributed by atoms with Crippen LogP contribution in [0.2, 0.25) is 0 Å². The summed E-state index contributed by atoms with van der Waals surface area (Å²) >= 11 is 0. The fourth-order valence-electron chi connectivity index (χ4n) is 1.80. The minimum absolute atomic E-state index is 0.0709. The minimum atomic E-state index is 0.0709. The largest absolute Gasteiger partial charge is 0.398 e.